The molecule has 46 heavy (non-hydrogen) atoms. The highest BCUT2D eigenvalue weighted by Crippen LogP contribution is 2.27. The van der Waals surface area contributed by atoms with E-state index in [0.717, 1.165) is 44.2 Å². The number of hydrogen-bond acceptors (Lipinski definition) is 5. The minimum absolute atomic E-state index is 0.0125. The molecule has 4 amide bonds. The molecule has 1 aromatic carbocycles. The van der Waals surface area contributed by atoms with Crippen LogP contribution in [0.4, 0.5) is 0 Å². The molecule has 0 spiro atoms. The molecule has 0 saturated carbocycles. The van der Waals surface area contributed by atoms with Crippen molar-refractivity contribution >= 4 is 23.6 Å². The molecular formula is C37H59N5O4. The van der Waals surface area contributed by atoms with Crippen molar-refractivity contribution in [3.63, 3.8) is 0 Å². The van der Waals surface area contributed by atoms with Gasteiger partial charge in [0.25, 0.3) is 0 Å². The van der Waals surface area contributed by atoms with E-state index in [1.807, 2.05) is 71.0 Å². The number of rotatable bonds is 12. The maximum atomic E-state index is 14.1. The molecule has 4 atom stereocenters. The smallest absolute Gasteiger partial charge is 0.249 e. The molecule has 2 N–H and O–H groups in total. The van der Waals surface area contributed by atoms with Crippen LogP contribution in [-0.2, 0) is 25.6 Å². The number of benzene rings is 1. The fourth-order valence-electron chi connectivity index (χ4n) is 6.77. The quantitative estimate of drug-likeness (QED) is 0.328. The van der Waals surface area contributed by atoms with Gasteiger partial charge in [0.15, 0.2) is 0 Å². The van der Waals surface area contributed by atoms with Crippen LogP contribution in [0.25, 0.3) is 0 Å². The van der Waals surface area contributed by atoms with Crippen molar-refractivity contribution in [1.29, 1.82) is 0 Å². The number of carbonyl (C=O) groups excluding carboxylic acids is 4. The van der Waals surface area contributed by atoms with Crippen LogP contribution in [0.1, 0.15) is 93.1 Å². The van der Waals surface area contributed by atoms with Gasteiger partial charge in [0.1, 0.15) is 12.1 Å². The fraction of sp³-hybridized carbons (Fsp3) is 0.676. The van der Waals surface area contributed by atoms with Crippen molar-refractivity contribution in [3.05, 3.63) is 47.5 Å². The van der Waals surface area contributed by atoms with Crippen LogP contribution >= 0.6 is 0 Å². The van der Waals surface area contributed by atoms with E-state index in [-0.39, 0.29) is 47.7 Å². The molecule has 1 aromatic rings. The van der Waals surface area contributed by atoms with E-state index in [4.69, 9.17) is 0 Å². The zero-order chi connectivity index (χ0) is 34.2. The van der Waals surface area contributed by atoms with Crippen LogP contribution in [0.3, 0.4) is 0 Å². The summed E-state index contributed by atoms with van der Waals surface area (Å²) in [7, 11) is 1.76. The van der Waals surface area contributed by atoms with Crippen molar-refractivity contribution in [2.24, 2.45) is 11.3 Å². The van der Waals surface area contributed by atoms with Crippen LogP contribution in [0.5, 0.6) is 0 Å². The summed E-state index contributed by atoms with van der Waals surface area (Å²) >= 11 is 0. The van der Waals surface area contributed by atoms with Gasteiger partial charge >= 0.3 is 0 Å². The molecule has 2 saturated heterocycles. The Morgan fingerprint density at radius 3 is 2.20 bits per heavy atom. The Hall–Kier alpha value is -3.20. The molecule has 2 aliphatic heterocycles. The topological polar surface area (TPSA) is 102 Å². The average Bonchev–Trinajstić information content (AvgIpc) is 3.51. The summed E-state index contributed by atoms with van der Waals surface area (Å²) < 4.78 is 0. The number of amides is 4. The van der Waals surface area contributed by atoms with Crippen molar-refractivity contribution in [2.75, 3.05) is 26.7 Å². The number of hydrogen-bond donors (Lipinski definition) is 2. The Labute approximate surface area is 277 Å². The van der Waals surface area contributed by atoms with E-state index in [0.29, 0.717) is 25.1 Å². The molecule has 0 aromatic heterocycles. The predicted octanol–water partition coefficient (Wildman–Crippen LogP) is 4.56. The van der Waals surface area contributed by atoms with Gasteiger partial charge < -0.3 is 20.4 Å². The Balaban J connectivity index is 1.72. The third kappa shape index (κ3) is 9.66. The predicted molar refractivity (Wildman–Crippen MR) is 184 cm³/mol. The molecule has 9 nitrogen and oxygen atoms in total. The van der Waals surface area contributed by atoms with E-state index >= 15 is 0 Å². The third-order valence-corrected chi connectivity index (χ3v) is 9.52. The highest BCUT2D eigenvalue weighted by Gasteiger charge is 2.40. The molecule has 1 unspecified atom stereocenters. The number of nitrogens with one attached hydrogen (secondary N) is 2. The summed E-state index contributed by atoms with van der Waals surface area (Å²) in [5.41, 5.74) is 1.14. The molecular weight excluding hydrogens is 578 g/mol. The molecule has 0 radical (unpaired) electrons. The monoisotopic (exact) mass is 637 g/mol. The lowest BCUT2D eigenvalue weighted by Gasteiger charge is -2.41. The minimum Gasteiger partial charge on any atom is -0.354 e. The van der Waals surface area contributed by atoms with Crippen LogP contribution in [0, 0.1) is 11.3 Å². The van der Waals surface area contributed by atoms with E-state index in [1.165, 1.54) is 0 Å². The SMILES string of the molecule is CC(=C[C@H](C(C)C)N(C)C(=O)[C@@H](NC(=O)C1CCCCN1C(C)C)C(C)(C)C)C(=O)N1CCC[C@H]1C(=O)NCCc1ccccc1. The number of likely N-dealkylation sites (tertiary alicyclic amines) is 2. The molecule has 2 aliphatic rings. The van der Waals surface area contributed by atoms with Crippen molar-refractivity contribution in [2.45, 2.75) is 124 Å². The van der Waals surface area contributed by atoms with E-state index < -0.39 is 17.5 Å². The third-order valence-electron chi connectivity index (χ3n) is 9.52. The van der Waals surface area contributed by atoms with Gasteiger partial charge in [-0.2, -0.15) is 0 Å². The van der Waals surface area contributed by atoms with Gasteiger partial charge in [0, 0.05) is 31.8 Å². The first-order valence-electron chi connectivity index (χ1n) is 17.3. The first-order valence-corrected chi connectivity index (χ1v) is 17.3. The standard InChI is InChI=1S/C37H59N5O4/c1-25(2)31(40(9)36(46)32(37(6,7)8)39-34(44)30-18-13-14-22-41(30)26(3)4)24-27(5)35(45)42-23-15-19-29(42)33(43)38-21-20-28-16-11-10-12-17-28/h10-12,16-17,24-26,29-32H,13-15,18-23H2,1-9H3,(H,38,43)(H,39,44)/t29-,30?,31+,32+/m0/s1. The van der Waals surface area contributed by atoms with Crippen molar-refractivity contribution < 1.29 is 19.2 Å². The van der Waals surface area contributed by atoms with E-state index in [2.05, 4.69) is 29.4 Å². The van der Waals surface area contributed by atoms with Gasteiger partial charge in [-0.15, -0.1) is 0 Å². The first kappa shape index (κ1) is 37.3. The number of piperidine rings is 1. The normalized spacial score (nSPS) is 20.8. The van der Waals surface area contributed by atoms with Gasteiger partial charge in [-0.25, -0.2) is 0 Å². The summed E-state index contributed by atoms with van der Waals surface area (Å²) in [4.78, 5) is 60.2. The molecule has 2 heterocycles. The van der Waals surface area contributed by atoms with E-state index in [1.54, 1.807) is 23.8 Å². The number of carbonyl (C=O) groups is 4. The van der Waals surface area contributed by atoms with Gasteiger partial charge in [-0.1, -0.05) is 77.4 Å². The summed E-state index contributed by atoms with van der Waals surface area (Å²) in [6.07, 6.45) is 6.84. The second-order valence-electron chi connectivity index (χ2n) is 14.9. The molecule has 0 bridgehead atoms. The van der Waals surface area contributed by atoms with Crippen LogP contribution in [0.15, 0.2) is 42.0 Å². The summed E-state index contributed by atoms with van der Waals surface area (Å²) in [6, 6.07) is 8.39. The summed E-state index contributed by atoms with van der Waals surface area (Å²) in [5.74, 6) is -0.572. The van der Waals surface area contributed by atoms with Gasteiger partial charge in [-0.05, 0) is 76.3 Å². The van der Waals surface area contributed by atoms with Gasteiger partial charge in [0.2, 0.25) is 23.6 Å². The summed E-state index contributed by atoms with van der Waals surface area (Å²) in [5, 5.41) is 6.16. The van der Waals surface area contributed by atoms with Crippen LogP contribution in [-0.4, -0.2) is 95.2 Å². The Kier molecular flexibility index (Phi) is 13.4. The number of likely N-dealkylation sites (N-methyl/N-ethyl adjacent to an activating group) is 1. The van der Waals surface area contributed by atoms with Crippen molar-refractivity contribution in [3.8, 4) is 0 Å². The van der Waals surface area contributed by atoms with Crippen LogP contribution in [0.2, 0.25) is 0 Å². The van der Waals surface area contributed by atoms with Crippen molar-refractivity contribution in [1.82, 2.24) is 25.3 Å². The Morgan fingerprint density at radius 1 is 0.935 bits per heavy atom. The zero-order valence-electron chi connectivity index (χ0n) is 29.8. The molecule has 256 valence electrons. The van der Waals surface area contributed by atoms with Gasteiger partial charge in [0.05, 0.1) is 12.1 Å². The van der Waals surface area contributed by atoms with Gasteiger partial charge in [-0.3, -0.25) is 24.1 Å². The lowest BCUT2D eigenvalue weighted by atomic mass is 9.84. The average molecular weight is 638 g/mol. The lowest BCUT2D eigenvalue weighted by Crippen LogP contribution is -2.60. The molecule has 0 aliphatic carbocycles. The Bertz CT molecular complexity index is 1220. The lowest BCUT2D eigenvalue weighted by molar-refractivity contribution is -0.142. The number of nitrogens with zero attached hydrogens (tertiary/aromatic N) is 3. The molecule has 9 heteroatoms. The van der Waals surface area contributed by atoms with E-state index in [9.17, 15) is 19.2 Å². The maximum Gasteiger partial charge on any atom is 0.249 e. The maximum absolute atomic E-state index is 14.1. The molecule has 2 fully saturated rings. The second-order valence-corrected chi connectivity index (χ2v) is 14.9. The first-order chi connectivity index (χ1) is 21.6. The largest absolute Gasteiger partial charge is 0.354 e. The summed E-state index contributed by atoms with van der Waals surface area (Å²) in [6.45, 7) is 17.9. The fourth-order valence-corrected chi connectivity index (χ4v) is 6.77. The second kappa shape index (κ2) is 16.6. The van der Waals surface area contributed by atoms with Crippen LogP contribution < -0.4 is 10.6 Å². The molecule has 3 rings (SSSR count). The zero-order valence-corrected chi connectivity index (χ0v) is 29.8. The highest BCUT2D eigenvalue weighted by molar-refractivity contribution is 5.97. The minimum atomic E-state index is -0.728. The Morgan fingerprint density at radius 2 is 1.59 bits per heavy atom. The highest BCUT2D eigenvalue weighted by atomic mass is 16.2.